The molecule has 1 atom stereocenters. The molecule has 0 amide bonds. The summed E-state index contributed by atoms with van der Waals surface area (Å²) in [5.74, 6) is 0. The van der Waals surface area contributed by atoms with E-state index in [4.69, 9.17) is 0 Å². The van der Waals surface area contributed by atoms with Gasteiger partial charge in [0.1, 0.15) is 0 Å². The largest absolute Gasteiger partial charge is 0.389 e. The summed E-state index contributed by atoms with van der Waals surface area (Å²) in [7, 11) is 0. The van der Waals surface area contributed by atoms with Crippen molar-refractivity contribution in [2.24, 2.45) is 0 Å². The Kier molecular flexibility index (Phi) is 5.73. The van der Waals surface area contributed by atoms with Crippen molar-refractivity contribution in [1.29, 1.82) is 0 Å². The molecular formula is C13H28N2O. The number of hydrogen-bond donors (Lipinski definition) is 2. The average molecular weight is 228 g/mol. The van der Waals surface area contributed by atoms with Gasteiger partial charge in [-0.05, 0) is 59.2 Å². The Balaban J connectivity index is 2.25. The lowest BCUT2D eigenvalue weighted by atomic mass is 10.1. The van der Waals surface area contributed by atoms with Crippen LogP contribution in [-0.2, 0) is 0 Å². The van der Waals surface area contributed by atoms with E-state index in [1.807, 2.05) is 13.8 Å². The lowest BCUT2D eigenvalue weighted by Crippen LogP contribution is -2.41. The molecule has 0 aromatic heterocycles. The quantitative estimate of drug-likeness (QED) is 0.750. The molecule has 2 N–H and O–H groups in total. The van der Waals surface area contributed by atoms with Crippen LogP contribution in [0.1, 0.15) is 46.5 Å². The van der Waals surface area contributed by atoms with Gasteiger partial charge < -0.3 is 15.3 Å². The van der Waals surface area contributed by atoms with Gasteiger partial charge in [0, 0.05) is 12.6 Å². The van der Waals surface area contributed by atoms with Crippen molar-refractivity contribution in [3.8, 4) is 0 Å². The first-order valence-electron chi connectivity index (χ1n) is 6.69. The maximum Gasteiger partial charge on any atom is 0.0715 e. The summed E-state index contributed by atoms with van der Waals surface area (Å²) in [5, 5.41) is 13.2. The van der Waals surface area contributed by atoms with E-state index in [2.05, 4.69) is 17.1 Å². The standard InChI is InChI=1S/C13H28N2O/c1-4-8-15-9-5-6-12(7-10-15)14-11-13(2,3)16/h12,14,16H,4-11H2,1-3H3. The molecule has 1 rings (SSSR count). The molecule has 1 heterocycles. The minimum Gasteiger partial charge on any atom is -0.389 e. The molecule has 0 saturated carbocycles. The highest BCUT2D eigenvalue weighted by molar-refractivity contribution is 4.78. The number of likely N-dealkylation sites (tertiary alicyclic amines) is 1. The monoisotopic (exact) mass is 228 g/mol. The fraction of sp³-hybridized carbons (Fsp3) is 1.00. The molecule has 1 aliphatic rings. The van der Waals surface area contributed by atoms with Crippen LogP contribution in [0.25, 0.3) is 0 Å². The number of aliphatic hydroxyl groups is 1. The summed E-state index contributed by atoms with van der Waals surface area (Å²) in [6.45, 7) is 10.4. The van der Waals surface area contributed by atoms with E-state index in [0.29, 0.717) is 12.6 Å². The van der Waals surface area contributed by atoms with Crippen LogP contribution < -0.4 is 5.32 Å². The molecule has 1 unspecified atom stereocenters. The second-order valence-electron chi connectivity index (χ2n) is 5.66. The van der Waals surface area contributed by atoms with Crippen LogP contribution in [0.3, 0.4) is 0 Å². The van der Waals surface area contributed by atoms with Crippen molar-refractivity contribution >= 4 is 0 Å². The zero-order valence-electron chi connectivity index (χ0n) is 11.1. The summed E-state index contributed by atoms with van der Waals surface area (Å²) >= 11 is 0. The lowest BCUT2D eigenvalue weighted by molar-refractivity contribution is 0.0757. The van der Waals surface area contributed by atoms with E-state index in [-0.39, 0.29) is 0 Å². The Morgan fingerprint density at radius 3 is 2.69 bits per heavy atom. The molecule has 0 aliphatic carbocycles. The van der Waals surface area contributed by atoms with Crippen molar-refractivity contribution in [3.05, 3.63) is 0 Å². The van der Waals surface area contributed by atoms with Crippen molar-refractivity contribution in [3.63, 3.8) is 0 Å². The van der Waals surface area contributed by atoms with Crippen LogP contribution in [0.4, 0.5) is 0 Å². The van der Waals surface area contributed by atoms with Crippen molar-refractivity contribution in [1.82, 2.24) is 10.2 Å². The fourth-order valence-corrected chi connectivity index (χ4v) is 2.29. The number of nitrogens with zero attached hydrogens (tertiary/aromatic N) is 1. The van der Waals surface area contributed by atoms with E-state index in [9.17, 15) is 5.11 Å². The van der Waals surface area contributed by atoms with Gasteiger partial charge in [-0.2, -0.15) is 0 Å². The van der Waals surface area contributed by atoms with E-state index in [0.717, 1.165) is 0 Å². The number of rotatable bonds is 5. The van der Waals surface area contributed by atoms with Crippen LogP contribution in [0.15, 0.2) is 0 Å². The Morgan fingerprint density at radius 2 is 2.06 bits per heavy atom. The Bertz CT molecular complexity index is 189. The normalized spacial score (nSPS) is 24.4. The smallest absolute Gasteiger partial charge is 0.0715 e. The Morgan fingerprint density at radius 1 is 1.31 bits per heavy atom. The van der Waals surface area contributed by atoms with Gasteiger partial charge >= 0.3 is 0 Å². The van der Waals surface area contributed by atoms with E-state index >= 15 is 0 Å². The third-order valence-corrected chi connectivity index (χ3v) is 3.18. The molecule has 1 saturated heterocycles. The van der Waals surface area contributed by atoms with Gasteiger partial charge in [-0.3, -0.25) is 0 Å². The Hall–Kier alpha value is -0.120. The van der Waals surface area contributed by atoms with Gasteiger partial charge in [-0.15, -0.1) is 0 Å². The maximum atomic E-state index is 9.68. The number of nitrogens with one attached hydrogen (secondary N) is 1. The SMILES string of the molecule is CCCN1CCCC(NCC(C)(C)O)CC1. The average Bonchev–Trinajstić information content (AvgIpc) is 2.40. The summed E-state index contributed by atoms with van der Waals surface area (Å²) in [6.07, 6.45) is 5.00. The van der Waals surface area contributed by atoms with Gasteiger partial charge in [-0.1, -0.05) is 6.92 Å². The third kappa shape index (κ3) is 5.83. The van der Waals surface area contributed by atoms with Crippen molar-refractivity contribution in [2.45, 2.75) is 58.1 Å². The summed E-state index contributed by atoms with van der Waals surface area (Å²) < 4.78 is 0. The summed E-state index contributed by atoms with van der Waals surface area (Å²) in [5.41, 5.74) is -0.588. The molecule has 0 radical (unpaired) electrons. The number of hydrogen-bond acceptors (Lipinski definition) is 3. The van der Waals surface area contributed by atoms with Gasteiger partial charge in [-0.25, -0.2) is 0 Å². The highest BCUT2D eigenvalue weighted by atomic mass is 16.3. The predicted molar refractivity (Wildman–Crippen MR) is 68.7 cm³/mol. The molecule has 96 valence electrons. The Labute approximate surface area is 100 Å². The highest BCUT2D eigenvalue weighted by Crippen LogP contribution is 2.12. The van der Waals surface area contributed by atoms with Crippen LogP contribution >= 0.6 is 0 Å². The first kappa shape index (κ1) is 13.9. The van der Waals surface area contributed by atoms with E-state index in [1.165, 1.54) is 45.3 Å². The zero-order chi connectivity index (χ0) is 12.0. The van der Waals surface area contributed by atoms with Gasteiger partial charge in [0.25, 0.3) is 0 Å². The second kappa shape index (κ2) is 6.58. The van der Waals surface area contributed by atoms with E-state index in [1.54, 1.807) is 0 Å². The van der Waals surface area contributed by atoms with E-state index < -0.39 is 5.60 Å². The van der Waals surface area contributed by atoms with Crippen LogP contribution in [0, 0.1) is 0 Å². The molecular weight excluding hydrogens is 200 g/mol. The topological polar surface area (TPSA) is 35.5 Å². The molecule has 0 aromatic rings. The maximum absolute atomic E-state index is 9.68. The minimum atomic E-state index is -0.588. The van der Waals surface area contributed by atoms with Crippen molar-refractivity contribution < 1.29 is 5.11 Å². The zero-order valence-corrected chi connectivity index (χ0v) is 11.1. The first-order valence-corrected chi connectivity index (χ1v) is 6.69. The van der Waals surface area contributed by atoms with Gasteiger partial charge in [0.05, 0.1) is 5.60 Å². The second-order valence-corrected chi connectivity index (χ2v) is 5.66. The fourth-order valence-electron chi connectivity index (χ4n) is 2.29. The van der Waals surface area contributed by atoms with Crippen LogP contribution in [-0.4, -0.2) is 47.8 Å². The molecule has 3 nitrogen and oxygen atoms in total. The molecule has 1 fully saturated rings. The van der Waals surface area contributed by atoms with Crippen LogP contribution in [0.2, 0.25) is 0 Å². The highest BCUT2D eigenvalue weighted by Gasteiger charge is 2.19. The van der Waals surface area contributed by atoms with Gasteiger partial charge in [0.15, 0.2) is 0 Å². The summed E-state index contributed by atoms with van der Waals surface area (Å²) in [4.78, 5) is 2.56. The lowest BCUT2D eigenvalue weighted by Gasteiger charge is -2.23. The molecule has 0 aromatic carbocycles. The minimum absolute atomic E-state index is 0.588. The molecule has 3 heteroatoms. The van der Waals surface area contributed by atoms with Gasteiger partial charge in [0.2, 0.25) is 0 Å². The molecule has 1 aliphatic heterocycles. The van der Waals surface area contributed by atoms with Crippen molar-refractivity contribution in [2.75, 3.05) is 26.2 Å². The molecule has 0 bridgehead atoms. The predicted octanol–water partition coefficient (Wildman–Crippen LogP) is 1.61. The molecule has 0 spiro atoms. The summed E-state index contributed by atoms with van der Waals surface area (Å²) in [6, 6.07) is 0.591. The molecule has 16 heavy (non-hydrogen) atoms. The van der Waals surface area contributed by atoms with Crippen LogP contribution in [0.5, 0.6) is 0 Å². The third-order valence-electron chi connectivity index (χ3n) is 3.18. The first-order chi connectivity index (χ1) is 7.51.